The molecular weight excluding hydrogens is 261 g/mol. The average molecular weight is 276 g/mol. The summed E-state index contributed by atoms with van der Waals surface area (Å²) >= 11 is 11.4. The van der Waals surface area contributed by atoms with E-state index in [9.17, 15) is 4.79 Å². The maximum absolute atomic E-state index is 10.7. The van der Waals surface area contributed by atoms with Crippen LogP contribution in [0.25, 0.3) is 0 Å². The predicted octanol–water partition coefficient (Wildman–Crippen LogP) is 2.46. The Bertz CT molecular complexity index is 350. The minimum Gasteiger partial charge on any atom is -0.369 e. The fourth-order valence-corrected chi connectivity index (χ4v) is 1.88. The number of nitrogens with one attached hydrogen (secondary N) is 1. The van der Waals surface area contributed by atoms with E-state index in [1.165, 1.54) is 0 Å². The van der Waals surface area contributed by atoms with E-state index in [1.807, 2.05) is 12.1 Å². The van der Waals surface area contributed by atoms with E-state index in [1.54, 1.807) is 12.1 Å². The van der Waals surface area contributed by atoms with Gasteiger partial charge in [-0.15, -0.1) is 23.2 Å². The molecule has 0 aliphatic rings. The summed E-state index contributed by atoms with van der Waals surface area (Å²) in [5.41, 5.74) is 6.70. The Labute approximate surface area is 111 Å². The van der Waals surface area contributed by atoms with Gasteiger partial charge >= 0.3 is 6.03 Å². The third-order valence-electron chi connectivity index (χ3n) is 2.21. The lowest BCUT2D eigenvalue weighted by molar-refractivity contribution is 0.259. The lowest BCUT2D eigenvalue weighted by Crippen LogP contribution is -2.27. The summed E-state index contributed by atoms with van der Waals surface area (Å²) in [5.74, 6) is 1.08. The number of benzene rings is 1. The monoisotopic (exact) mass is 275 g/mol. The Morgan fingerprint density at radius 1 is 1.18 bits per heavy atom. The lowest BCUT2D eigenvalue weighted by atomic mass is 10.2. The fraction of sp³-hybridized carbons (Fsp3) is 0.364. The summed E-state index contributed by atoms with van der Waals surface area (Å²) in [4.78, 5) is 12.7. The lowest BCUT2D eigenvalue weighted by Gasteiger charge is -2.22. The number of amides is 2. The quantitative estimate of drug-likeness (QED) is 0.784. The van der Waals surface area contributed by atoms with E-state index in [2.05, 4.69) is 10.2 Å². The van der Waals surface area contributed by atoms with Crippen molar-refractivity contribution >= 4 is 40.6 Å². The van der Waals surface area contributed by atoms with E-state index in [4.69, 9.17) is 28.9 Å². The van der Waals surface area contributed by atoms with Crippen molar-refractivity contribution in [1.82, 2.24) is 0 Å². The molecule has 1 aromatic rings. The molecule has 2 amide bonds. The minimum atomic E-state index is -0.573. The number of rotatable bonds is 6. The van der Waals surface area contributed by atoms with Gasteiger partial charge in [-0.3, -0.25) is 0 Å². The Morgan fingerprint density at radius 2 is 1.71 bits per heavy atom. The molecule has 4 nitrogen and oxygen atoms in total. The number of halogens is 2. The summed E-state index contributed by atoms with van der Waals surface area (Å²) in [5, 5.41) is 2.50. The van der Waals surface area contributed by atoms with Crippen molar-refractivity contribution in [3.8, 4) is 0 Å². The highest BCUT2D eigenvalue weighted by Gasteiger charge is 2.05. The second-order valence-electron chi connectivity index (χ2n) is 3.40. The topological polar surface area (TPSA) is 58.4 Å². The summed E-state index contributed by atoms with van der Waals surface area (Å²) < 4.78 is 0. The number of urea groups is 1. The van der Waals surface area contributed by atoms with Gasteiger partial charge in [-0.05, 0) is 24.3 Å². The van der Waals surface area contributed by atoms with Crippen molar-refractivity contribution in [2.45, 2.75) is 0 Å². The maximum atomic E-state index is 10.7. The first-order chi connectivity index (χ1) is 8.17. The number of nitrogens with two attached hydrogens (primary N) is 1. The molecule has 6 heteroatoms. The van der Waals surface area contributed by atoms with Gasteiger partial charge in [0.1, 0.15) is 0 Å². The number of nitrogens with zero attached hydrogens (tertiary/aromatic N) is 1. The Kier molecular flexibility index (Phi) is 5.94. The molecule has 0 aliphatic heterocycles. The molecule has 3 N–H and O–H groups in total. The Balaban J connectivity index is 2.72. The molecule has 0 atom stereocenters. The van der Waals surface area contributed by atoms with E-state index >= 15 is 0 Å². The zero-order valence-electron chi connectivity index (χ0n) is 9.33. The molecule has 1 rings (SSSR count). The molecule has 0 fully saturated rings. The average Bonchev–Trinajstić information content (AvgIpc) is 2.29. The van der Waals surface area contributed by atoms with Crippen LogP contribution in [0.15, 0.2) is 24.3 Å². The highest BCUT2D eigenvalue weighted by Crippen LogP contribution is 2.18. The standard InChI is InChI=1S/C11H15Cl2N3O/c12-5-7-16(8-6-13)10-3-1-9(2-4-10)15-11(14)17/h1-4H,5-8H2,(H3,14,15,17). The zero-order valence-corrected chi connectivity index (χ0v) is 10.8. The van der Waals surface area contributed by atoms with Gasteiger partial charge in [0.25, 0.3) is 0 Å². The van der Waals surface area contributed by atoms with E-state index in [0.717, 1.165) is 18.8 Å². The van der Waals surface area contributed by atoms with Crippen LogP contribution in [0.3, 0.4) is 0 Å². The van der Waals surface area contributed by atoms with Crippen molar-refractivity contribution in [3.05, 3.63) is 24.3 Å². The molecule has 0 unspecified atom stereocenters. The summed E-state index contributed by atoms with van der Waals surface area (Å²) in [6.45, 7) is 1.47. The number of alkyl halides is 2. The highest BCUT2D eigenvalue weighted by molar-refractivity contribution is 6.18. The SMILES string of the molecule is NC(=O)Nc1ccc(N(CCCl)CCCl)cc1. The largest absolute Gasteiger partial charge is 0.369 e. The molecule has 17 heavy (non-hydrogen) atoms. The molecule has 0 saturated carbocycles. The number of carbonyl (C=O) groups excluding carboxylic acids is 1. The molecule has 0 saturated heterocycles. The van der Waals surface area contributed by atoms with Gasteiger partial charge in [-0.2, -0.15) is 0 Å². The molecule has 0 radical (unpaired) electrons. The van der Waals surface area contributed by atoms with Gasteiger partial charge in [0.2, 0.25) is 0 Å². The number of hydrogen-bond donors (Lipinski definition) is 2. The number of carbonyl (C=O) groups is 1. The number of primary amides is 1. The third-order valence-corrected chi connectivity index (χ3v) is 2.55. The molecule has 0 heterocycles. The predicted molar refractivity (Wildman–Crippen MR) is 73.3 cm³/mol. The Morgan fingerprint density at radius 3 is 2.12 bits per heavy atom. The normalized spacial score (nSPS) is 10.0. The summed E-state index contributed by atoms with van der Waals surface area (Å²) in [7, 11) is 0. The second-order valence-corrected chi connectivity index (χ2v) is 4.16. The Hall–Kier alpha value is -1.13. The van der Waals surface area contributed by atoms with E-state index < -0.39 is 6.03 Å². The van der Waals surface area contributed by atoms with Gasteiger partial charge in [0.15, 0.2) is 0 Å². The van der Waals surface area contributed by atoms with E-state index in [-0.39, 0.29) is 0 Å². The van der Waals surface area contributed by atoms with Crippen molar-refractivity contribution < 1.29 is 4.79 Å². The fourth-order valence-electron chi connectivity index (χ4n) is 1.47. The molecule has 1 aromatic carbocycles. The van der Waals surface area contributed by atoms with Crippen LogP contribution in [0.1, 0.15) is 0 Å². The van der Waals surface area contributed by atoms with Gasteiger partial charge in [-0.25, -0.2) is 4.79 Å². The van der Waals surface area contributed by atoms with Crippen LogP contribution in [0, 0.1) is 0 Å². The van der Waals surface area contributed by atoms with Crippen molar-refractivity contribution in [2.24, 2.45) is 5.73 Å². The van der Waals surface area contributed by atoms with Crippen LogP contribution < -0.4 is 16.0 Å². The molecule has 94 valence electrons. The van der Waals surface area contributed by atoms with Crippen molar-refractivity contribution in [3.63, 3.8) is 0 Å². The molecular formula is C11H15Cl2N3O. The summed E-state index contributed by atoms with van der Waals surface area (Å²) in [6, 6.07) is 6.79. The zero-order chi connectivity index (χ0) is 12.7. The second kappa shape index (κ2) is 7.25. The molecule has 0 aromatic heterocycles. The number of hydrogen-bond acceptors (Lipinski definition) is 2. The van der Waals surface area contributed by atoms with Gasteiger partial charge in [0, 0.05) is 36.2 Å². The molecule has 0 bridgehead atoms. The van der Waals surface area contributed by atoms with Gasteiger partial charge in [-0.1, -0.05) is 0 Å². The number of anilines is 2. The van der Waals surface area contributed by atoms with Crippen LogP contribution in [-0.4, -0.2) is 30.9 Å². The summed E-state index contributed by atoms with van der Waals surface area (Å²) in [6.07, 6.45) is 0. The van der Waals surface area contributed by atoms with Crippen molar-refractivity contribution in [1.29, 1.82) is 0 Å². The van der Waals surface area contributed by atoms with Crippen LogP contribution in [0.5, 0.6) is 0 Å². The van der Waals surface area contributed by atoms with E-state index in [0.29, 0.717) is 17.4 Å². The van der Waals surface area contributed by atoms with Crippen molar-refractivity contribution in [2.75, 3.05) is 35.1 Å². The van der Waals surface area contributed by atoms with Gasteiger partial charge in [0.05, 0.1) is 0 Å². The van der Waals surface area contributed by atoms with Crippen LogP contribution in [0.2, 0.25) is 0 Å². The first-order valence-electron chi connectivity index (χ1n) is 5.20. The van der Waals surface area contributed by atoms with Gasteiger partial charge < -0.3 is 16.0 Å². The first kappa shape index (κ1) is 13.9. The maximum Gasteiger partial charge on any atom is 0.316 e. The first-order valence-corrected chi connectivity index (χ1v) is 6.27. The molecule has 0 aliphatic carbocycles. The van der Waals surface area contributed by atoms with Crippen LogP contribution in [0.4, 0.5) is 16.2 Å². The van der Waals surface area contributed by atoms with Crippen LogP contribution in [-0.2, 0) is 0 Å². The molecule has 0 spiro atoms. The third kappa shape index (κ3) is 4.71. The smallest absolute Gasteiger partial charge is 0.316 e. The minimum absolute atomic E-state index is 0.540. The van der Waals surface area contributed by atoms with Crippen LogP contribution >= 0.6 is 23.2 Å². The highest BCUT2D eigenvalue weighted by atomic mass is 35.5.